The molecule has 0 radical (unpaired) electrons. The molecule has 4 rings (SSSR count). The van der Waals surface area contributed by atoms with Crippen LogP contribution >= 0.6 is 12.2 Å². The van der Waals surface area contributed by atoms with Crippen molar-refractivity contribution in [2.45, 2.75) is 70.8 Å². The number of H-pyrrole nitrogens is 1. The summed E-state index contributed by atoms with van der Waals surface area (Å²) in [6.07, 6.45) is 11.7. The van der Waals surface area contributed by atoms with Crippen molar-refractivity contribution in [1.82, 2.24) is 25.5 Å². The van der Waals surface area contributed by atoms with Gasteiger partial charge in [-0.15, -0.1) is 0 Å². The average Bonchev–Trinajstić information content (AvgIpc) is 3.51. The molecule has 3 N–H and O–H groups in total. The third-order valence-corrected chi connectivity index (χ3v) is 8.72. The summed E-state index contributed by atoms with van der Waals surface area (Å²) in [5, 5.41) is 6.92. The quantitative estimate of drug-likeness (QED) is 0.277. The smallest absolute Gasteiger partial charge is 0.312 e. The molecule has 1 aliphatic carbocycles. The standard InChI is InChI=1S/C30H43N5O4S/c1-3-39-28(37)30(23-7-5-4-6-8-23)14-17-35(18-15-30)27(36)26(19-22-9-11-25(38-2)12-10-22)34-29(40)32-16-13-24-20-31-21-33-24/h9-12,20-21,23,26H,3-8,13-19H2,1-2H3,(H,31,33)(H2,32,34,40). The summed E-state index contributed by atoms with van der Waals surface area (Å²) in [6, 6.07) is 7.20. The third-order valence-electron chi connectivity index (χ3n) is 8.46. The van der Waals surface area contributed by atoms with E-state index in [0.29, 0.717) is 63.0 Å². The Labute approximate surface area is 242 Å². The number of thiocarbonyl (C=S) groups is 1. The largest absolute Gasteiger partial charge is 0.497 e. The molecular weight excluding hydrogens is 526 g/mol. The molecule has 9 nitrogen and oxygen atoms in total. The lowest BCUT2D eigenvalue weighted by atomic mass is 9.63. The lowest BCUT2D eigenvalue weighted by Crippen LogP contribution is -2.56. The van der Waals surface area contributed by atoms with Crippen molar-refractivity contribution in [2.75, 3.05) is 33.4 Å². The molecule has 0 spiro atoms. The maximum Gasteiger partial charge on any atom is 0.312 e. The highest BCUT2D eigenvalue weighted by Crippen LogP contribution is 2.47. The van der Waals surface area contributed by atoms with Gasteiger partial charge in [-0.1, -0.05) is 31.4 Å². The molecule has 10 heteroatoms. The molecule has 1 unspecified atom stereocenters. The van der Waals surface area contributed by atoms with Crippen LogP contribution in [0.25, 0.3) is 0 Å². The summed E-state index contributed by atoms with van der Waals surface area (Å²) in [6.45, 7) is 3.93. The van der Waals surface area contributed by atoms with Crippen LogP contribution in [0.1, 0.15) is 63.1 Å². The lowest BCUT2D eigenvalue weighted by molar-refractivity contribution is -0.166. The maximum absolute atomic E-state index is 13.9. The molecule has 1 amide bonds. The molecular formula is C30H43N5O4S. The zero-order chi connectivity index (χ0) is 28.4. The molecule has 2 aromatic rings. The summed E-state index contributed by atoms with van der Waals surface area (Å²) in [5.74, 6) is 1.01. The summed E-state index contributed by atoms with van der Waals surface area (Å²) in [5.41, 5.74) is 1.46. The monoisotopic (exact) mass is 569 g/mol. The first-order chi connectivity index (χ1) is 19.4. The van der Waals surface area contributed by atoms with Crippen LogP contribution in [0.15, 0.2) is 36.8 Å². The highest BCUT2D eigenvalue weighted by Gasteiger charge is 2.49. The minimum Gasteiger partial charge on any atom is -0.497 e. The van der Waals surface area contributed by atoms with Gasteiger partial charge in [0.25, 0.3) is 0 Å². The van der Waals surface area contributed by atoms with E-state index in [1.165, 1.54) is 6.42 Å². The minimum absolute atomic E-state index is 0.00614. The Balaban J connectivity index is 1.43. The van der Waals surface area contributed by atoms with Gasteiger partial charge >= 0.3 is 5.97 Å². The SMILES string of the molecule is CCOC(=O)C1(C2CCCCC2)CCN(C(=O)C(Cc2ccc(OC)cc2)NC(=S)NCCc2c[nH]cn2)CC1. The Morgan fingerprint density at radius 3 is 2.52 bits per heavy atom. The van der Waals surface area contributed by atoms with Crippen LogP contribution in [-0.2, 0) is 27.2 Å². The Kier molecular flexibility index (Phi) is 10.8. The van der Waals surface area contributed by atoms with E-state index in [0.717, 1.165) is 42.7 Å². The number of methoxy groups -OCH3 is 1. The molecule has 0 bridgehead atoms. The fraction of sp³-hybridized carbons (Fsp3) is 0.600. The second-order valence-electron chi connectivity index (χ2n) is 10.9. The van der Waals surface area contributed by atoms with Crippen molar-refractivity contribution >= 4 is 29.2 Å². The topological polar surface area (TPSA) is 109 Å². The highest BCUT2D eigenvalue weighted by atomic mass is 32.1. The second-order valence-corrected chi connectivity index (χ2v) is 11.3. The van der Waals surface area contributed by atoms with E-state index < -0.39 is 11.5 Å². The number of aromatic nitrogens is 2. The molecule has 2 fully saturated rings. The number of rotatable bonds is 11. The number of piperidine rings is 1. The number of hydrogen-bond acceptors (Lipinski definition) is 6. The number of hydrogen-bond donors (Lipinski definition) is 3. The lowest BCUT2D eigenvalue weighted by Gasteiger charge is -2.46. The van der Waals surface area contributed by atoms with Gasteiger partial charge in [0.15, 0.2) is 5.11 Å². The van der Waals surface area contributed by atoms with Gasteiger partial charge in [-0.25, -0.2) is 4.98 Å². The molecule has 1 atom stereocenters. The molecule has 218 valence electrons. The number of carbonyl (C=O) groups is 2. The number of imidazole rings is 1. The van der Waals surface area contributed by atoms with E-state index in [1.807, 2.05) is 42.3 Å². The van der Waals surface area contributed by atoms with Crippen LogP contribution in [-0.4, -0.2) is 71.2 Å². The van der Waals surface area contributed by atoms with Gasteiger partial charge in [-0.2, -0.15) is 0 Å². The zero-order valence-corrected chi connectivity index (χ0v) is 24.6. The number of ether oxygens (including phenoxy) is 2. The summed E-state index contributed by atoms with van der Waals surface area (Å²) in [4.78, 5) is 36.3. The number of carbonyl (C=O) groups excluding carboxylic acids is 2. The Bertz CT molecular complexity index is 1090. The Hall–Kier alpha value is -3.14. The number of amides is 1. The highest BCUT2D eigenvalue weighted by molar-refractivity contribution is 7.80. The van der Waals surface area contributed by atoms with Gasteiger partial charge in [0.2, 0.25) is 5.91 Å². The van der Waals surface area contributed by atoms with Crippen LogP contribution in [0.2, 0.25) is 0 Å². The average molecular weight is 570 g/mol. The minimum atomic E-state index is -0.538. The van der Waals surface area contributed by atoms with Crippen LogP contribution in [0.4, 0.5) is 0 Å². The molecule has 1 aromatic carbocycles. The number of nitrogens with zero attached hydrogens (tertiary/aromatic N) is 2. The van der Waals surface area contributed by atoms with Gasteiger partial charge in [0, 0.05) is 38.7 Å². The molecule has 40 heavy (non-hydrogen) atoms. The van der Waals surface area contributed by atoms with E-state index in [2.05, 4.69) is 20.6 Å². The van der Waals surface area contributed by atoms with E-state index in [9.17, 15) is 9.59 Å². The van der Waals surface area contributed by atoms with Crippen LogP contribution in [0.3, 0.4) is 0 Å². The van der Waals surface area contributed by atoms with Gasteiger partial charge in [0.1, 0.15) is 11.8 Å². The van der Waals surface area contributed by atoms with Gasteiger partial charge in [-0.05, 0) is 68.4 Å². The van der Waals surface area contributed by atoms with Crippen LogP contribution in [0, 0.1) is 11.3 Å². The van der Waals surface area contributed by atoms with Crippen LogP contribution < -0.4 is 15.4 Å². The van der Waals surface area contributed by atoms with Crippen molar-refractivity contribution in [3.8, 4) is 5.75 Å². The number of aromatic amines is 1. The molecule has 2 heterocycles. The Morgan fingerprint density at radius 2 is 1.90 bits per heavy atom. The van der Waals surface area contributed by atoms with Gasteiger partial charge < -0.3 is 30.0 Å². The third kappa shape index (κ3) is 7.53. The number of likely N-dealkylation sites (tertiary alicyclic amines) is 1. The molecule has 1 aromatic heterocycles. The normalized spacial score (nSPS) is 18.0. The van der Waals surface area contributed by atoms with Crippen molar-refractivity contribution < 1.29 is 19.1 Å². The maximum atomic E-state index is 13.9. The number of benzene rings is 1. The molecule has 1 aliphatic heterocycles. The van der Waals surface area contributed by atoms with Crippen molar-refractivity contribution in [3.63, 3.8) is 0 Å². The van der Waals surface area contributed by atoms with E-state index in [1.54, 1.807) is 13.4 Å². The second kappa shape index (κ2) is 14.5. The zero-order valence-electron chi connectivity index (χ0n) is 23.7. The van der Waals surface area contributed by atoms with E-state index in [4.69, 9.17) is 21.7 Å². The van der Waals surface area contributed by atoms with E-state index >= 15 is 0 Å². The Morgan fingerprint density at radius 1 is 1.18 bits per heavy atom. The molecule has 1 saturated heterocycles. The fourth-order valence-electron chi connectivity index (χ4n) is 6.19. The van der Waals surface area contributed by atoms with Gasteiger partial charge in [-0.3, -0.25) is 9.59 Å². The first kappa shape index (κ1) is 29.8. The van der Waals surface area contributed by atoms with E-state index in [-0.39, 0.29) is 11.9 Å². The number of nitrogens with one attached hydrogen (secondary N) is 3. The summed E-state index contributed by atoms with van der Waals surface area (Å²) in [7, 11) is 1.63. The molecule has 2 aliphatic rings. The van der Waals surface area contributed by atoms with Crippen molar-refractivity contribution in [1.29, 1.82) is 0 Å². The predicted octanol–water partition coefficient (Wildman–Crippen LogP) is 3.79. The van der Waals surface area contributed by atoms with Crippen molar-refractivity contribution in [2.24, 2.45) is 11.3 Å². The van der Waals surface area contributed by atoms with Gasteiger partial charge in [0.05, 0.1) is 31.2 Å². The summed E-state index contributed by atoms with van der Waals surface area (Å²) >= 11 is 5.58. The summed E-state index contributed by atoms with van der Waals surface area (Å²) < 4.78 is 10.9. The van der Waals surface area contributed by atoms with Crippen LogP contribution in [0.5, 0.6) is 5.75 Å². The molecule has 1 saturated carbocycles. The van der Waals surface area contributed by atoms with Crippen molar-refractivity contribution in [3.05, 3.63) is 48.0 Å². The predicted molar refractivity (Wildman–Crippen MR) is 158 cm³/mol. The first-order valence-corrected chi connectivity index (χ1v) is 15.0. The fourth-order valence-corrected chi connectivity index (χ4v) is 6.44. The number of esters is 1. The first-order valence-electron chi connectivity index (χ1n) is 14.6.